The molecule has 1 aromatic rings. The Morgan fingerprint density at radius 1 is 1.11 bits per heavy atom. The number of nitrogens with one attached hydrogen (secondary N) is 1. The van der Waals surface area contributed by atoms with Crippen molar-refractivity contribution in [3.05, 3.63) is 35.6 Å². The highest BCUT2D eigenvalue weighted by Gasteiger charge is 2.13. The molecule has 4 nitrogen and oxygen atoms in total. The lowest BCUT2D eigenvalue weighted by molar-refractivity contribution is 0.0195. The van der Waals surface area contributed by atoms with Crippen LogP contribution in [-0.4, -0.2) is 47.2 Å². The molecular formula is C14H22FNO3. The highest BCUT2D eigenvalue weighted by atomic mass is 19.1. The fourth-order valence-electron chi connectivity index (χ4n) is 1.65. The van der Waals surface area contributed by atoms with E-state index in [-0.39, 0.29) is 11.9 Å². The molecule has 1 atom stereocenters. The van der Waals surface area contributed by atoms with Gasteiger partial charge in [-0.1, -0.05) is 18.2 Å². The molecule has 0 amide bonds. The van der Waals surface area contributed by atoms with E-state index in [4.69, 9.17) is 14.2 Å². The van der Waals surface area contributed by atoms with Crippen molar-refractivity contribution in [1.82, 2.24) is 5.32 Å². The van der Waals surface area contributed by atoms with Crippen LogP contribution in [-0.2, 0) is 14.2 Å². The molecule has 0 aromatic heterocycles. The number of ether oxygens (including phenoxy) is 3. The van der Waals surface area contributed by atoms with E-state index in [9.17, 15) is 4.39 Å². The zero-order valence-electron chi connectivity index (χ0n) is 11.5. The monoisotopic (exact) mass is 271 g/mol. The molecule has 0 radical (unpaired) electrons. The quantitative estimate of drug-likeness (QED) is 0.658. The van der Waals surface area contributed by atoms with Crippen LogP contribution in [0.1, 0.15) is 11.6 Å². The topological polar surface area (TPSA) is 39.7 Å². The van der Waals surface area contributed by atoms with E-state index in [2.05, 4.69) is 5.32 Å². The van der Waals surface area contributed by atoms with Crippen LogP contribution in [0.25, 0.3) is 0 Å². The summed E-state index contributed by atoms with van der Waals surface area (Å²) in [5, 5.41) is 3.04. The summed E-state index contributed by atoms with van der Waals surface area (Å²) in [6.45, 7) is 2.54. The smallest absolute Gasteiger partial charge is 0.128 e. The van der Waals surface area contributed by atoms with Gasteiger partial charge in [-0.15, -0.1) is 0 Å². The summed E-state index contributed by atoms with van der Waals surface area (Å²) in [7, 11) is 3.42. The molecule has 0 saturated carbocycles. The Morgan fingerprint density at radius 2 is 1.79 bits per heavy atom. The zero-order valence-corrected chi connectivity index (χ0v) is 11.5. The van der Waals surface area contributed by atoms with Crippen LogP contribution in [0.4, 0.5) is 4.39 Å². The predicted molar refractivity (Wildman–Crippen MR) is 71.7 cm³/mol. The van der Waals surface area contributed by atoms with Crippen LogP contribution in [0.2, 0.25) is 0 Å². The Labute approximate surface area is 113 Å². The molecule has 1 aromatic carbocycles. The van der Waals surface area contributed by atoms with Gasteiger partial charge in [0.25, 0.3) is 0 Å². The second-order valence-corrected chi connectivity index (χ2v) is 4.04. The largest absolute Gasteiger partial charge is 0.382 e. The van der Waals surface area contributed by atoms with Crippen molar-refractivity contribution in [3.63, 3.8) is 0 Å². The van der Waals surface area contributed by atoms with E-state index in [1.165, 1.54) is 6.07 Å². The molecule has 5 heteroatoms. The zero-order chi connectivity index (χ0) is 13.9. The first-order valence-corrected chi connectivity index (χ1v) is 6.35. The fourth-order valence-corrected chi connectivity index (χ4v) is 1.65. The van der Waals surface area contributed by atoms with E-state index < -0.39 is 0 Å². The van der Waals surface area contributed by atoms with Crippen molar-refractivity contribution in [2.75, 3.05) is 47.2 Å². The van der Waals surface area contributed by atoms with Crippen LogP contribution in [0, 0.1) is 5.82 Å². The molecule has 1 unspecified atom stereocenters. The minimum Gasteiger partial charge on any atom is -0.382 e. The Bertz CT molecular complexity index is 349. The van der Waals surface area contributed by atoms with E-state index in [1.807, 2.05) is 6.07 Å². The maximum Gasteiger partial charge on any atom is 0.128 e. The lowest BCUT2D eigenvalue weighted by Gasteiger charge is -2.17. The minimum atomic E-state index is -0.221. The number of halogens is 1. The summed E-state index contributed by atoms with van der Waals surface area (Å²) >= 11 is 0. The summed E-state index contributed by atoms with van der Waals surface area (Å²) in [4.78, 5) is 0. The van der Waals surface area contributed by atoms with Crippen LogP contribution < -0.4 is 5.32 Å². The van der Waals surface area contributed by atoms with E-state index in [0.717, 1.165) is 0 Å². The van der Waals surface area contributed by atoms with Crippen molar-refractivity contribution in [2.45, 2.75) is 6.04 Å². The molecule has 19 heavy (non-hydrogen) atoms. The van der Waals surface area contributed by atoms with Crippen molar-refractivity contribution >= 4 is 0 Å². The number of hydrogen-bond acceptors (Lipinski definition) is 4. The third-order valence-corrected chi connectivity index (χ3v) is 2.72. The molecule has 0 saturated heterocycles. The lowest BCUT2D eigenvalue weighted by atomic mass is 10.1. The van der Waals surface area contributed by atoms with Crippen molar-refractivity contribution < 1.29 is 18.6 Å². The standard InChI is InChI=1S/C14H22FNO3/c1-16-14(12-5-3-4-6-13(12)15)11-19-10-9-18-8-7-17-2/h3-6,14,16H,7-11H2,1-2H3. The van der Waals surface area contributed by atoms with Gasteiger partial charge >= 0.3 is 0 Å². The average molecular weight is 271 g/mol. The molecule has 0 aliphatic carbocycles. The summed E-state index contributed by atoms with van der Waals surface area (Å²) in [6.07, 6.45) is 0. The van der Waals surface area contributed by atoms with Crippen LogP contribution in [0.15, 0.2) is 24.3 Å². The van der Waals surface area contributed by atoms with Crippen LogP contribution >= 0.6 is 0 Å². The molecule has 0 heterocycles. The number of hydrogen-bond donors (Lipinski definition) is 1. The molecule has 1 rings (SSSR count). The van der Waals surface area contributed by atoms with E-state index >= 15 is 0 Å². The highest BCUT2D eigenvalue weighted by molar-refractivity contribution is 5.21. The normalized spacial score (nSPS) is 12.6. The van der Waals surface area contributed by atoms with Gasteiger partial charge < -0.3 is 19.5 Å². The molecule has 0 spiro atoms. The number of benzene rings is 1. The first-order valence-electron chi connectivity index (χ1n) is 6.35. The van der Waals surface area contributed by atoms with Crippen LogP contribution in [0.5, 0.6) is 0 Å². The minimum absolute atomic E-state index is 0.153. The SMILES string of the molecule is CNC(COCCOCCOC)c1ccccc1F. The molecular weight excluding hydrogens is 249 g/mol. The molecule has 0 aliphatic rings. The maximum atomic E-state index is 13.6. The van der Waals surface area contributed by atoms with Gasteiger partial charge in [0.1, 0.15) is 5.82 Å². The molecule has 1 N–H and O–H groups in total. The summed E-state index contributed by atoms with van der Waals surface area (Å²) in [5.41, 5.74) is 0.616. The number of rotatable bonds is 10. The Kier molecular flexibility index (Phi) is 8.33. The summed E-state index contributed by atoms with van der Waals surface area (Å²) in [5.74, 6) is -0.221. The van der Waals surface area contributed by atoms with Gasteiger partial charge in [0, 0.05) is 12.7 Å². The Hall–Kier alpha value is -1.01. The van der Waals surface area contributed by atoms with Gasteiger partial charge in [0.2, 0.25) is 0 Å². The summed E-state index contributed by atoms with van der Waals surface area (Å²) in [6, 6.07) is 6.55. The van der Waals surface area contributed by atoms with Crippen LogP contribution in [0.3, 0.4) is 0 Å². The number of likely N-dealkylation sites (N-methyl/N-ethyl adjacent to an activating group) is 1. The van der Waals surface area contributed by atoms with Gasteiger partial charge in [-0.25, -0.2) is 4.39 Å². The van der Waals surface area contributed by atoms with Crippen molar-refractivity contribution in [1.29, 1.82) is 0 Å². The molecule has 0 bridgehead atoms. The maximum absolute atomic E-state index is 13.6. The van der Waals surface area contributed by atoms with E-state index in [0.29, 0.717) is 38.6 Å². The fraction of sp³-hybridized carbons (Fsp3) is 0.571. The summed E-state index contributed by atoms with van der Waals surface area (Å²) < 4.78 is 29.2. The van der Waals surface area contributed by atoms with Crippen molar-refractivity contribution in [3.8, 4) is 0 Å². The Morgan fingerprint density at radius 3 is 2.47 bits per heavy atom. The lowest BCUT2D eigenvalue weighted by Crippen LogP contribution is -2.23. The molecule has 108 valence electrons. The second-order valence-electron chi connectivity index (χ2n) is 4.04. The van der Waals surface area contributed by atoms with Gasteiger partial charge in [-0.2, -0.15) is 0 Å². The Balaban J connectivity index is 2.24. The van der Waals surface area contributed by atoms with E-state index in [1.54, 1.807) is 26.3 Å². The van der Waals surface area contributed by atoms with Gasteiger partial charge in [-0.3, -0.25) is 0 Å². The average Bonchev–Trinajstić information content (AvgIpc) is 2.43. The third-order valence-electron chi connectivity index (χ3n) is 2.72. The molecule has 0 fully saturated rings. The molecule has 0 aliphatic heterocycles. The number of methoxy groups -OCH3 is 1. The van der Waals surface area contributed by atoms with Gasteiger partial charge in [-0.05, 0) is 13.1 Å². The van der Waals surface area contributed by atoms with Gasteiger partial charge in [0.15, 0.2) is 0 Å². The van der Waals surface area contributed by atoms with Crippen molar-refractivity contribution in [2.24, 2.45) is 0 Å². The van der Waals surface area contributed by atoms with Gasteiger partial charge in [0.05, 0.1) is 39.1 Å². The third kappa shape index (κ3) is 6.11. The second kappa shape index (κ2) is 9.86. The predicted octanol–water partition coefficient (Wildman–Crippen LogP) is 1.77. The first kappa shape index (κ1) is 16.0. The first-order chi connectivity index (χ1) is 9.29. The highest BCUT2D eigenvalue weighted by Crippen LogP contribution is 2.16.